The molecule has 1 fully saturated rings. The van der Waals surface area contributed by atoms with E-state index < -0.39 is 16.1 Å². The topological polar surface area (TPSA) is 76.3 Å². The number of halogens is 1. The third kappa shape index (κ3) is 3.45. The average molecular weight is 418 g/mol. The zero-order valence-corrected chi connectivity index (χ0v) is 17.2. The summed E-state index contributed by atoms with van der Waals surface area (Å²) in [5.74, 6) is 0.733. The quantitative estimate of drug-likeness (QED) is 0.623. The summed E-state index contributed by atoms with van der Waals surface area (Å²) < 4.78 is 33.3. The Hall–Kier alpha value is -2.22. The van der Waals surface area contributed by atoms with E-state index in [1.54, 1.807) is 36.4 Å². The van der Waals surface area contributed by atoms with Crippen molar-refractivity contribution in [2.24, 2.45) is 0 Å². The van der Waals surface area contributed by atoms with Gasteiger partial charge in [0.05, 0.1) is 4.90 Å². The minimum absolute atomic E-state index is 0.292. The van der Waals surface area contributed by atoms with Crippen LogP contribution in [0, 0.1) is 13.8 Å². The fraction of sp³-hybridized carbons (Fsp3) is 0.300. The van der Waals surface area contributed by atoms with Crippen LogP contribution in [0.15, 0.2) is 51.9 Å². The molecule has 3 aromatic rings. The molecule has 1 unspecified atom stereocenters. The SMILES string of the molecule is Cc1ccc(S(=O)(=O)N2CCCC2c2nc(-c3ccc(Cl)cc3)no2)cc1C. The molecule has 0 saturated carbocycles. The van der Waals surface area contributed by atoms with Gasteiger partial charge in [0.25, 0.3) is 0 Å². The second-order valence-electron chi connectivity index (χ2n) is 6.98. The number of aromatic nitrogens is 2. The summed E-state index contributed by atoms with van der Waals surface area (Å²) >= 11 is 5.92. The average Bonchev–Trinajstić information content (AvgIpc) is 3.33. The molecular weight excluding hydrogens is 398 g/mol. The lowest BCUT2D eigenvalue weighted by molar-refractivity contribution is 0.290. The summed E-state index contributed by atoms with van der Waals surface area (Å²) in [5, 5.41) is 4.64. The molecule has 4 rings (SSSR count). The Bertz CT molecular complexity index is 1110. The van der Waals surface area contributed by atoms with Gasteiger partial charge in [0, 0.05) is 17.1 Å². The fourth-order valence-electron chi connectivity index (χ4n) is 3.37. The van der Waals surface area contributed by atoms with Crippen molar-refractivity contribution in [2.45, 2.75) is 37.6 Å². The Balaban J connectivity index is 1.65. The van der Waals surface area contributed by atoms with Crippen molar-refractivity contribution in [2.75, 3.05) is 6.54 Å². The molecule has 2 aromatic carbocycles. The third-order valence-electron chi connectivity index (χ3n) is 5.12. The van der Waals surface area contributed by atoms with E-state index in [4.69, 9.17) is 16.1 Å². The number of nitrogens with zero attached hydrogens (tertiary/aromatic N) is 3. The van der Waals surface area contributed by atoms with Crippen molar-refractivity contribution >= 4 is 21.6 Å². The first kappa shape index (κ1) is 19.1. The van der Waals surface area contributed by atoms with E-state index in [0.29, 0.717) is 34.6 Å². The van der Waals surface area contributed by atoms with Gasteiger partial charge in [-0.05, 0) is 74.2 Å². The van der Waals surface area contributed by atoms with Crippen LogP contribution in [-0.2, 0) is 10.0 Å². The number of rotatable bonds is 4. The van der Waals surface area contributed by atoms with Crippen molar-refractivity contribution in [3.05, 3.63) is 64.5 Å². The number of benzene rings is 2. The number of hydrogen-bond acceptors (Lipinski definition) is 5. The van der Waals surface area contributed by atoms with E-state index in [0.717, 1.165) is 23.1 Å². The molecule has 0 amide bonds. The van der Waals surface area contributed by atoms with Crippen LogP contribution in [0.1, 0.15) is 35.9 Å². The number of hydrogen-bond donors (Lipinski definition) is 0. The van der Waals surface area contributed by atoms with Crippen molar-refractivity contribution in [1.82, 2.24) is 14.4 Å². The summed E-state index contributed by atoms with van der Waals surface area (Å²) in [4.78, 5) is 4.75. The van der Waals surface area contributed by atoms with Crippen LogP contribution >= 0.6 is 11.6 Å². The van der Waals surface area contributed by atoms with E-state index in [-0.39, 0.29) is 0 Å². The van der Waals surface area contributed by atoms with Gasteiger partial charge in [-0.15, -0.1) is 0 Å². The van der Waals surface area contributed by atoms with E-state index >= 15 is 0 Å². The molecule has 6 nitrogen and oxygen atoms in total. The van der Waals surface area contributed by atoms with E-state index in [2.05, 4.69) is 10.1 Å². The van der Waals surface area contributed by atoms with Crippen molar-refractivity contribution in [3.63, 3.8) is 0 Å². The number of aryl methyl sites for hydroxylation is 2. The first-order valence-electron chi connectivity index (χ1n) is 9.05. The molecule has 8 heteroatoms. The molecule has 0 spiro atoms. The number of sulfonamides is 1. The summed E-state index contributed by atoms with van der Waals surface area (Å²) in [6, 6.07) is 11.8. The second kappa shape index (κ2) is 7.31. The monoisotopic (exact) mass is 417 g/mol. The Kier molecular flexibility index (Phi) is 4.99. The maximum atomic E-state index is 13.2. The highest BCUT2D eigenvalue weighted by Crippen LogP contribution is 2.36. The summed E-state index contributed by atoms with van der Waals surface area (Å²) in [6.45, 7) is 4.30. The first-order chi connectivity index (χ1) is 13.4. The van der Waals surface area contributed by atoms with Gasteiger partial charge in [-0.2, -0.15) is 9.29 Å². The predicted molar refractivity (Wildman–Crippen MR) is 107 cm³/mol. The van der Waals surface area contributed by atoms with Crippen LogP contribution in [0.5, 0.6) is 0 Å². The predicted octanol–water partition coefficient (Wildman–Crippen LogP) is 4.53. The highest BCUT2D eigenvalue weighted by atomic mass is 35.5. The lowest BCUT2D eigenvalue weighted by Gasteiger charge is -2.21. The summed E-state index contributed by atoms with van der Waals surface area (Å²) in [5.41, 5.74) is 2.77. The molecule has 1 aliphatic heterocycles. The summed E-state index contributed by atoms with van der Waals surface area (Å²) in [6.07, 6.45) is 1.39. The van der Waals surface area contributed by atoms with Gasteiger partial charge < -0.3 is 4.52 Å². The van der Waals surface area contributed by atoms with Gasteiger partial charge in [-0.25, -0.2) is 8.42 Å². The first-order valence-corrected chi connectivity index (χ1v) is 10.9. The minimum atomic E-state index is -3.65. The van der Waals surface area contributed by atoms with Crippen LogP contribution in [0.3, 0.4) is 0 Å². The van der Waals surface area contributed by atoms with Crippen LogP contribution < -0.4 is 0 Å². The van der Waals surface area contributed by atoms with Crippen LogP contribution in [0.2, 0.25) is 5.02 Å². The highest BCUT2D eigenvalue weighted by Gasteiger charge is 2.39. The van der Waals surface area contributed by atoms with Gasteiger partial charge in [0.1, 0.15) is 6.04 Å². The Morgan fingerprint density at radius 3 is 2.57 bits per heavy atom. The van der Waals surface area contributed by atoms with E-state index in [9.17, 15) is 8.42 Å². The van der Waals surface area contributed by atoms with Gasteiger partial charge >= 0.3 is 0 Å². The minimum Gasteiger partial charge on any atom is -0.337 e. The molecule has 146 valence electrons. The lowest BCUT2D eigenvalue weighted by Crippen LogP contribution is -2.31. The highest BCUT2D eigenvalue weighted by molar-refractivity contribution is 7.89. The van der Waals surface area contributed by atoms with E-state index in [1.807, 2.05) is 19.9 Å². The maximum Gasteiger partial charge on any atom is 0.245 e. The molecular formula is C20H20ClN3O3S. The molecule has 0 radical (unpaired) electrons. The summed E-state index contributed by atoms with van der Waals surface area (Å²) in [7, 11) is -3.65. The van der Waals surface area contributed by atoms with Crippen molar-refractivity contribution in [1.29, 1.82) is 0 Å². The van der Waals surface area contributed by atoms with Crippen LogP contribution in [0.25, 0.3) is 11.4 Å². The zero-order chi connectivity index (χ0) is 19.9. The largest absolute Gasteiger partial charge is 0.337 e. The molecule has 1 saturated heterocycles. The Labute approximate surface area is 169 Å². The second-order valence-corrected chi connectivity index (χ2v) is 9.31. The van der Waals surface area contributed by atoms with Crippen molar-refractivity contribution < 1.29 is 12.9 Å². The molecule has 0 N–H and O–H groups in total. The Morgan fingerprint density at radius 2 is 1.86 bits per heavy atom. The normalized spacial score (nSPS) is 17.9. The zero-order valence-electron chi connectivity index (χ0n) is 15.6. The van der Waals surface area contributed by atoms with Crippen LogP contribution in [-0.4, -0.2) is 29.4 Å². The molecule has 1 atom stereocenters. The smallest absolute Gasteiger partial charge is 0.245 e. The van der Waals surface area contributed by atoms with Gasteiger partial charge in [0.2, 0.25) is 21.7 Å². The van der Waals surface area contributed by atoms with E-state index in [1.165, 1.54) is 4.31 Å². The maximum absolute atomic E-state index is 13.2. The van der Waals surface area contributed by atoms with Gasteiger partial charge in [-0.1, -0.05) is 22.8 Å². The van der Waals surface area contributed by atoms with Crippen LogP contribution in [0.4, 0.5) is 0 Å². The molecule has 0 bridgehead atoms. The molecule has 2 heterocycles. The fourth-order valence-corrected chi connectivity index (χ4v) is 5.23. The van der Waals surface area contributed by atoms with Gasteiger partial charge in [-0.3, -0.25) is 0 Å². The Morgan fingerprint density at radius 1 is 1.11 bits per heavy atom. The lowest BCUT2D eigenvalue weighted by atomic mass is 10.1. The molecule has 1 aliphatic rings. The standard InChI is InChI=1S/C20H20ClN3O3S/c1-13-5-10-17(12-14(13)2)28(25,26)24-11-3-4-18(24)20-22-19(23-27-20)15-6-8-16(21)9-7-15/h5-10,12,18H,3-4,11H2,1-2H3. The van der Waals surface area contributed by atoms with Gasteiger partial charge in [0.15, 0.2) is 0 Å². The van der Waals surface area contributed by atoms with Crippen molar-refractivity contribution in [3.8, 4) is 11.4 Å². The molecule has 28 heavy (non-hydrogen) atoms. The third-order valence-corrected chi connectivity index (χ3v) is 7.27. The molecule has 1 aromatic heterocycles. The molecule has 0 aliphatic carbocycles.